The smallest absolute Gasteiger partial charge is 0.0825 e. The number of hydrogen-bond acceptors (Lipinski definition) is 1. The summed E-state index contributed by atoms with van der Waals surface area (Å²) >= 11 is 2.31. The van der Waals surface area contributed by atoms with Crippen LogP contribution >= 0.6 is 22.6 Å². The molecule has 0 saturated heterocycles. The first-order chi connectivity index (χ1) is 6.57. The minimum Gasteiger partial charge on any atom is -0.388 e. The van der Waals surface area contributed by atoms with Crippen LogP contribution in [0.3, 0.4) is 0 Å². The van der Waals surface area contributed by atoms with Crippen LogP contribution in [0.4, 0.5) is 0 Å². The fraction of sp³-hybridized carbons (Fsp3) is 0.500. The Kier molecular flexibility index (Phi) is 4.38. The Morgan fingerprint density at radius 3 is 2.64 bits per heavy atom. The lowest BCUT2D eigenvalue weighted by Gasteiger charge is -2.19. The van der Waals surface area contributed by atoms with Crippen molar-refractivity contribution in [1.82, 2.24) is 0 Å². The van der Waals surface area contributed by atoms with Gasteiger partial charge in [0, 0.05) is 3.57 Å². The van der Waals surface area contributed by atoms with Gasteiger partial charge in [0.15, 0.2) is 0 Å². The summed E-state index contributed by atoms with van der Waals surface area (Å²) in [7, 11) is 0. The average Bonchev–Trinajstić information content (AvgIpc) is 2.20. The molecule has 2 heteroatoms. The quantitative estimate of drug-likeness (QED) is 0.845. The second-order valence-corrected chi connectivity index (χ2v) is 4.89. The molecule has 0 radical (unpaired) electrons. The normalized spacial score (nSPS) is 15.2. The largest absolute Gasteiger partial charge is 0.388 e. The zero-order valence-electron chi connectivity index (χ0n) is 8.92. The molecule has 0 aromatic heterocycles. The van der Waals surface area contributed by atoms with Crippen molar-refractivity contribution >= 4 is 22.6 Å². The third kappa shape index (κ3) is 2.48. The molecule has 2 unspecified atom stereocenters. The lowest BCUT2D eigenvalue weighted by molar-refractivity contribution is 0.114. The number of hydrogen-bond donors (Lipinski definition) is 1. The predicted molar refractivity (Wildman–Crippen MR) is 68.3 cm³/mol. The fourth-order valence-corrected chi connectivity index (χ4v) is 2.11. The SMILES string of the molecule is CCC(C)C(O)c1cccc(C)c1I. The van der Waals surface area contributed by atoms with Crippen LogP contribution in [0.25, 0.3) is 0 Å². The average molecular weight is 304 g/mol. The molecule has 0 aliphatic carbocycles. The molecule has 0 bridgehead atoms. The Balaban J connectivity index is 3.01. The van der Waals surface area contributed by atoms with Crippen molar-refractivity contribution in [2.75, 3.05) is 0 Å². The molecule has 1 N–H and O–H groups in total. The highest BCUT2D eigenvalue weighted by atomic mass is 127. The van der Waals surface area contributed by atoms with Gasteiger partial charge in [-0.25, -0.2) is 0 Å². The predicted octanol–water partition coefficient (Wildman–Crippen LogP) is 3.68. The minimum atomic E-state index is -0.327. The second-order valence-electron chi connectivity index (χ2n) is 3.81. The lowest BCUT2D eigenvalue weighted by Crippen LogP contribution is -2.10. The number of halogens is 1. The van der Waals surface area contributed by atoms with Crippen LogP contribution in [0.15, 0.2) is 18.2 Å². The van der Waals surface area contributed by atoms with E-state index in [1.165, 1.54) is 9.13 Å². The van der Waals surface area contributed by atoms with E-state index in [2.05, 4.69) is 49.4 Å². The second kappa shape index (κ2) is 5.12. The van der Waals surface area contributed by atoms with Gasteiger partial charge in [-0.3, -0.25) is 0 Å². The molecule has 78 valence electrons. The Morgan fingerprint density at radius 2 is 2.07 bits per heavy atom. The van der Waals surface area contributed by atoms with Gasteiger partial charge >= 0.3 is 0 Å². The molecular weight excluding hydrogens is 287 g/mol. The lowest BCUT2D eigenvalue weighted by atomic mass is 9.94. The van der Waals surface area contributed by atoms with Crippen molar-refractivity contribution < 1.29 is 5.11 Å². The molecule has 1 aromatic carbocycles. The molecule has 0 fully saturated rings. The summed E-state index contributed by atoms with van der Waals surface area (Å²) in [6, 6.07) is 6.11. The first-order valence-electron chi connectivity index (χ1n) is 5.01. The summed E-state index contributed by atoms with van der Waals surface area (Å²) in [5.41, 5.74) is 2.31. The van der Waals surface area contributed by atoms with Crippen molar-refractivity contribution in [1.29, 1.82) is 0 Å². The van der Waals surface area contributed by atoms with Crippen LogP contribution in [0, 0.1) is 16.4 Å². The molecule has 0 aliphatic rings. The van der Waals surface area contributed by atoms with Gasteiger partial charge < -0.3 is 5.11 Å². The molecule has 1 nitrogen and oxygen atoms in total. The Morgan fingerprint density at radius 1 is 1.43 bits per heavy atom. The monoisotopic (exact) mass is 304 g/mol. The van der Waals surface area contributed by atoms with Crippen molar-refractivity contribution in [3.63, 3.8) is 0 Å². The van der Waals surface area contributed by atoms with E-state index in [0.717, 1.165) is 12.0 Å². The zero-order valence-corrected chi connectivity index (χ0v) is 11.1. The van der Waals surface area contributed by atoms with E-state index >= 15 is 0 Å². The van der Waals surface area contributed by atoms with Crippen molar-refractivity contribution in [3.8, 4) is 0 Å². The molecule has 0 heterocycles. The van der Waals surface area contributed by atoms with E-state index in [1.54, 1.807) is 0 Å². The molecule has 1 aromatic rings. The van der Waals surface area contributed by atoms with E-state index in [9.17, 15) is 5.11 Å². The van der Waals surface area contributed by atoms with E-state index < -0.39 is 0 Å². The Bertz CT molecular complexity index is 309. The van der Waals surface area contributed by atoms with Crippen molar-refractivity contribution in [2.24, 2.45) is 5.92 Å². The van der Waals surface area contributed by atoms with Gasteiger partial charge in [0.05, 0.1) is 6.10 Å². The number of aryl methyl sites for hydroxylation is 1. The standard InChI is InChI=1S/C12H17IO/c1-4-8(2)12(14)10-7-5-6-9(3)11(10)13/h5-8,12,14H,4H2,1-3H3. The van der Waals surface area contributed by atoms with Gasteiger partial charge in [0.1, 0.15) is 0 Å². The first-order valence-corrected chi connectivity index (χ1v) is 6.08. The third-order valence-corrected chi connectivity index (χ3v) is 4.20. The molecular formula is C12H17IO. The molecule has 0 aliphatic heterocycles. The molecule has 0 amide bonds. The van der Waals surface area contributed by atoms with Gasteiger partial charge in [-0.05, 0) is 46.6 Å². The summed E-state index contributed by atoms with van der Waals surface area (Å²) in [6.45, 7) is 6.27. The van der Waals surface area contributed by atoms with Gasteiger partial charge in [-0.1, -0.05) is 38.5 Å². The zero-order chi connectivity index (χ0) is 10.7. The maximum atomic E-state index is 10.1. The van der Waals surface area contributed by atoms with Crippen LogP contribution in [-0.2, 0) is 0 Å². The maximum Gasteiger partial charge on any atom is 0.0825 e. The number of aliphatic hydroxyl groups is 1. The highest BCUT2D eigenvalue weighted by Gasteiger charge is 2.17. The fourth-order valence-electron chi connectivity index (χ4n) is 1.43. The van der Waals surface area contributed by atoms with E-state index in [1.807, 2.05) is 12.1 Å². The highest BCUT2D eigenvalue weighted by Crippen LogP contribution is 2.29. The Labute approximate surface area is 99.7 Å². The molecule has 2 atom stereocenters. The van der Waals surface area contributed by atoms with Crippen LogP contribution in [0.5, 0.6) is 0 Å². The van der Waals surface area contributed by atoms with E-state index in [0.29, 0.717) is 5.92 Å². The Hall–Kier alpha value is -0.0900. The van der Waals surface area contributed by atoms with E-state index in [-0.39, 0.29) is 6.10 Å². The molecule has 14 heavy (non-hydrogen) atoms. The van der Waals surface area contributed by atoms with Crippen LogP contribution in [0.2, 0.25) is 0 Å². The van der Waals surface area contributed by atoms with Gasteiger partial charge in [0.25, 0.3) is 0 Å². The van der Waals surface area contributed by atoms with Gasteiger partial charge in [-0.2, -0.15) is 0 Å². The number of aliphatic hydroxyl groups excluding tert-OH is 1. The van der Waals surface area contributed by atoms with Gasteiger partial charge in [-0.15, -0.1) is 0 Å². The van der Waals surface area contributed by atoms with Crippen LogP contribution in [0.1, 0.15) is 37.5 Å². The summed E-state index contributed by atoms with van der Waals surface area (Å²) in [5, 5.41) is 10.1. The summed E-state index contributed by atoms with van der Waals surface area (Å²) in [6.07, 6.45) is 0.678. The van der Waals surface area contributed by atoms with Crippen molar-refractivity contribution in [2.45, 2.75) is 33.3 Å². The first kappa shape index (κ1) is 12.0. The topological polar surface area (TPSA) is 20.2 Å². The highest BCUT2D eigenvalue weighted by molar-refractivity contribution is 14.1. The maximum absolute atomic E-state index is 10.1. The molecule has 0 saturated carbocycles. The van der Waals surface area contributed by atoms with Crippen molar-refractivity contribution in [3.05, 3.63) is 32.9 Å². The van der Waals surface area contributed by atoms with Crippen LogP contribution < -0.4 is 0 Å². The third-order valence-electron chi connectivity index (χ3n) is 2.72. The molecule has 1 rings (SSSR count). The van der Waals surface area contributed by atoms with Crippen LogP contribution in [-0.4, -0.2) is 5.11 Å². The summed E-state index contributed by atoms with van der Waals surface area (Å²) in [5.74, 6) is 0.324. The minimum absolute atomic E-state index is 0.324. The summed E-state index contributed by atoms with van der Waals surface area (Å²) in [4.78, 5) is 0. The van der Waals surface area contributed by atoms with E-state index in [4.69, 9.17) is 0 Å². The number of rotatable bonds is 3. The summed E-state index contributed by atoms with van der Waals surface area (Å²) < 4.78 is 1.19. The number of benzene rings is 1. The molecule has 0 spiro atoms. The van der Waals surface area contributed by atoms with Gasteiger partial charge in [0.2, 0.25) is 0 Å².